The Hall–Kier alpha value is -2.89. The topological polar surface area (TPSA) is 78.1 Å². The molecule has 4 rings (SSSR count). The maximum absolute atomic E-state index is 12.3. The van der Waals surface area contributed by atoms with Gasteiger partial charge in [0.2, 0.25) is 5.91 Å². The van der Waals surface area contributed by atoms with Crippen LogP contribution in [0.25, 0.3) is 11.1 Å². The molecule has 1 amide bonds. The Morgan fingerprint density at radius 1 is 1.17 bits per heavy atom. The number of rotatable bonds is 6. The third-order valence-corrected chi connectivity index (χ3v) is 5.92. The van der Waals surface area contributed by atoms with Crippen molar-refractivity contribution in [1.29, 1.82) is 0 Å². The number of aromatic amines is 1. The molecule has 6 nitrogen and oxygen atoms in total. The minimum Gasteiger partial charge on any atom is -0.374 e. The van der Waals surface area contributed by atoms with E-state index in [2.05, 4.69) is 15.3 Å². The molecular formula is C23H28N4O2. The summed E-state index contributed by atoms with van der Waals surface area (Å²) in [6.45, 7) is 1.23. The van der Waals surface area contributed by atoms with Crippen molar-refractivity contribution in [1.82, 2.24) is 14.9 Å². The monoisotopic (exact) mass is 392 g/mol. The number of anilines is 1. The van der Waals surface area contributed by atoms with Crippen molar-refractivity contribution >= 4 is 11.6 Å². The van der Waals surface area contributed by atoms with E-state index in [-0.39, 0.29) is 17.5 Å². The number of amides is 1. The molecule has 1 aliphatic heterocycles. The number of nitrogens with zero attached hydrogens (tertiary/aromatic N) is 2. The Balaban J connectivity index is 1.28. The Morgan fingerprint density at radius 2 is 1.93 bits per heavy atom. The summed E-state index contributed by atoms with van der Waals surface area (Å²) >= 11 is 0. The molecule has 0 radical (unpaired) electrons. The third kappa shape index (κ3) is 4.94. The van der Waals surface area contributed by atoms with Gasteiger partial charge in [-0.15, -0.1) is 0 Å². The van der Waals surface area contributed by atoms with E-state index in [1.54, 1.807) is 24.7 Å². The molecule has 1 saturated carbocycles. The molecule has 2 aromatic rings. The predicted molar refractivity (Wildman–Crippen MR) is 115 cm³/mol. The maximum atomic E-state index is 12.3. The highest BCUT2D eigenvalue weighted by atomic mass is 16.2. The van der Waals surface area contributed by atoms with Crippen LogP contribution in [0.2, 0.25) is 0 Å². The fourth-order valence-electron chi connectivity index (χ4n) is 4.16. The molecule has 1 saturated heterocycles. The molecule has 29 heavy (non-hydrogen) atoms. The summed E-state index contributed by atoms with van der Waals surface area (Å²) in [5.41, 5.74) is 2.30. The van der Waals surface area contributed by atoms with Crippen molar-refractivity contribution in [3.63, 3.8) is 0 Å². The molecule has 3 heterocycles. The normalized spacial score (nSPS) is 18.0. The van der Waals surface area contributed by atoms with Gasteiger partial charge in [0, 0.05) is 37.2 Å². The van der Waals surface area contributed by atoms with Gasteiger partial charge in [0.05, 0.1) is 6.04 Å². The van der Waals surface area contributed by atoms with E-state index < -0.39 is 0 Å². The average molecular weight is 393 g/mol. The van der Waals surface area contributed by atoms with Crippen LogP contribution in [0, 0.1) is 5.92 Å². The summed E-state index contributed by atoms with van der Waals surface area (Å²) in [7, 11) is 0. The van der Waals surface area contributed by atoms with Crippen LogP contribution in [0.5, 0.6) is 0 Å². The second-order valence-electron chi connectivity index (χ2n) is 8.09. The second-order valence-corrected chi connectivity index (χ2v) is 8.09. The van der Waals surface area contributed by atoms with Gasteiger partial charge in [-0.1, -0.05) is 38.2 Å². The SMILES string of the molecule is O=C(C=CCC1CCCCC1)N1CC(Nc2cc(-c3ccncc3)c[nH]c2=O)C1. The minimum absolute atomic E-state index is 0.0679. The fraction of sp³-hybridized carbons (Fsp3) is 0.435. The van der Waals surface area contributed by atoms with E-state index in [1.807, 2.05) is 29.2 Å². The van der Waals surface area contributed by atoms with Gasteiger partial charge >= 0.3 is 0 Å². The van der Waals surface area contributed by atoms with Crippen LogP contribution in [0.3, 0.4) is 0 Å². The molecule has 152 valence electrons. The minimum atomic E-state index is -0.153. The van der Waals surface area contributed by atoms with Crippen LogP contribution in [0.1, 0.15) is 38.5 Å². The lowest BCUT2D eigenvalue weighted by molar-refractivity contribution is -0.129. The highest BCUT2D eigenvalue weighted by Crippen LogP contribution is 2.26. The number of likely N-dealkylation sites (tertiary alicyclic amines) is 1. The van der Waals surface area contributed by atoms with Gasteiger partial charge in [-0.2, -0.15) is 0 Å². The molecule has 2 aromatic heterocycles. The number of hydrogen-bond acceptors (Lipinski definition) is 4. The molecule has 0 bridgehead atoms. The first-order valence-electron chi connectivity index (χ1n) is 10.5. The molecule has 0 atom stereocenters. The van der Waals surface area contributed by atoms with Gasteiger partial charge in [-0.05, 0) is 42.2 Å². The third-order valence-electron chi connectivity index (χ3n) is 5.92. The molecule has 6 heteroatoms. The fourth-order valence-corrected chi connectivity index (χ4v) is 4.16. The quantitative estimate of drug-likeness (QED) is 0.737. The summed E-state index contributed by atoms with van der Waals surface area (Å²) in [5, 5.41) is 3.27. The molecule has 1 aliphatic carbocycles. The van der Waals surface area contributed by atoms with E-state index in [0.29, 0.717) is 18.8 Å². The molecule has 0 aromatic carbocycles. The van der Waals surface area contributed by atoms with Crippen LogP contribution < -0.4 is 10.9 Å². The number of carbonyl (C=O) groups is 1. The first kappa shape index (κ1) is 19.4. The van der Waals surface area contributed by atoms with Crippen LogP contribution in [-0.2, 0) is 4.79 Å². The highest BCUT2D eigenvalue weighted by molar-refractivity contribution is 5.88. The van der Waals surface area contributed by atoms with Crippen LogP contribution in [-0.4, -0.2) is 39.9 Å². The van der Waals surface area contributed by atoms with Gasteiger partial charge in [-0.25, -0.2) is 0 Å². The smallest absolute Gasteiger partial charge is 0.271 e. The summed E-state index contributed by atoms with van der Waals surface area (Å²) < 4.78 is 0. The van der Waals surface area contributed by atoms with Gasteiger partial charge < -0.3 is 15.2 Å². The number of allylic oxidation sites excluding steroid dienone is 1. The molecular weight excluding hydrogens is 364 g/mol. The number of H-pyrrole nitrogens is 1. The summed E-state index contributed by atoms with van der Waals surface area (Å²) in [6.07, 6.45) is 16.5. The Labute approximate surface area is 171 Å². The van der Waals surface area contributed by atoms with Gasteiger partial charge in [0.25, 0.3) is 5.56 Å². The zero-order valence-corrected chi connectivity index (χ0v) is 16.6. The van der Waals surface area contributed by atoms with Gasteiger partial charge in [-0.3, -0.25) is 14.6 Å². The zero-order valence-electron chi connectivity index (χ0n) is 16.6. The van der Waals surface area contributed by atoms with E-state index >= 15 is 0 Å². The predicted octanol–water partition coefficient (Wildman–Crippen LogP) is 3.59. The van der Waals surface area contributed by atoms with Crippen LogP contribution in [0.15, 0.2) is 53.7 Å². The Kier molecular flexibility index (Phi) is 6.08. The number of nitrogens with one attached hydrogen (secondary N) is 2. The largest absolute Gasteiger partial charge is 0.374 e. The summed E-state index contributed by atoms with van der Waals surface area (Å²) in [4.78, 5) is 33.1. The van der Waals surface area contributed by atoms with Crippen molar-refractivity contribution in [3.8, 4) is 11.1 Å². The van der Waals surface area contributed by atoms with Crippen molar-refractivity contribution in [3.05, 3.63) is 59.3 Å². The Bertz CT molecular complexity index is 910. The Morgan fingerprint density at radius 3 is 2.69 bits per heavy atom. The lowest BCUT2D eigenvalue weighted by Gasteiger charge is -2.39. The molecule has 2 aliphatic rings. The van der Waals surface area contributed by atoms with Crippen LogP contribution >= 0.6 is 0 Å². The van der Waals surface area contributed by atoms with Crippen LogP contribution in [0.4, 0.5) is 5.69 Å². The molecule has 2 N–H and O–H groups in total. The number of pyridine rings is 2. The summed E-state index contributed by atoms with van der Waals surface area (Å²) in [6, 6.07) is 5.75. The van der Waals surface area contributed by atoms with E-state index in [1.165, 1.54) is 32.1 Å². The lowest BCUT2D eigenvalue weighted by Crippen LogP contribution is -2.57. The van der Waals surface area contributed by atoms with Crippen molar-refractivity contribution in [2.75, 3.05) is 18.4 Å². The molecule has 0 spiro atoms. The van der Waals surface area contributed by atoms with E-state index in [9.17, 15) is 9.59 Å². The van der Waals surface area contributed by atoms with Crippen molar-refractivity contribution < 1.29 is 4.79 Å². The number of hydrogen-bond donors (Lipinski definition) is 2. The van der Waals surface area contributed by atoms with Crippen molar-refractivity contribution in [2.45, 2.75) is 44.6 Å². The van der Waals surface area contributed by atoms with E-state index in [0.717, 1.165) is 23.5 Å². The standard InChI is InChI=1S/C23H28N4O2/c28-22(8-4-7-17-5-2-1-3-6-17)27-15-20(16-27)26-21-13-19(14-25-23(21)29)18-9-11-24-12-10-18/h4,8-14,17,20,26H,1-3,5-7,15-16H2,(H,25,29). The summed E-state index contributed by atoms with van der Waals surface area (Å²) in [5.74, 6) is 0.816. The molecule has 2 fully saturated rings. The maximum Gasteiger partial charge on any atom is 0.271 e. The number of aromatic nitrogens is 2. The first-order chi connectivity index (χ1) is 14.2. The average Bonchev–Trinajstić information content (AvgIpc) is 2.73. The number of carbonyl (C=O) groups excluding carboxylic acids is 1. The first-order valence-corrected chi connectivity index (χ1v) is 10.5. The zero-order chi connectivity index (χ0) is 20.1. The van der Waals surface area contributed by atoms with Gasteiger partial charge in [0.15, 0.2) is 0 Å². The lowest BCUT2D eigenvalue weighted by atomic mass is 9.87. The van der Waals surface area contributed by atoms with Gasteiger partial charge in [0.1, 0.15) is 5.69 Å². The van der Waals surface area contributed by atoms with Crippen molar-refractivity contribution in [2.24, 2.45) is 5.92 Å². The highest BCUT2D eigenvalue weighted by Gasteiger charge is 2.29. The second kappa shape index (κ2) is 9.07. The molecule has 0 unspecified atom stereocenters. The van der Waals surface area contributed by atoms with E-state index in [4.69, 9.17) is 0 Å².